The summed E-state index contributed by atoms with van der Waals surface area (Å²) < 4.78 is 3.93. The molecule has 6 heteroatoms. The van der Waals surface area contributed by atoms with E-state index >= 15 is 0 Å². The summed E-state index contributed by atoms with van der Waals surface area (Å²) in [5.74, 6) is 0. The number of rotatable bonds is 8. The summed E-state index contributed by atoms with van der Waals surface area (Å²) in [7, 11) is 0. The molecule has 0 radical (unpaired) electrons. The Morgan fingerprint density at radius 1 is 1.32 bits per heavy atom. The molecular weight excluding hydrogens is 240 g/mol. The second kappa shape index (κ2) is 7.04. The smallest absolute Gasteiger partial charge is 0.0692 e. The maximum Gasteiger partial charge on any atom is 0.0692 e. The quantitative estimate of drug-likeness (QED) is 0.727. The molecular formula is C13H22N6. The Morgan fingerprint density at radius 3 is 2.89 bits per heavy atom. The van der Waals surface area contributed by atoms with Gasteiger partial charge in [-0.1, -0.05) is 12.1 Å². The molecule has 0 aliphatic carbocycles. The highest BCUT2D eigenvalue weighted by Crippen LogP contribution is 2.05. The fourth-order valence-corrected chi connectivity index (χ4v) is 2.04. The van der Waals surface area contributed by atoms with Crippen LogP contribution < -0.4 is 5.32 Å². The van der Waals surface area contributed by atoms with Crippen LogP contribution in [0.2, 0.25) is 0 Å². The Balaban J connectivity index is 1.71. The summed E-state index contributed by atoms with van der Waals surface area (Å²) >= 11 is 0. The second-order valence-electron chi connectivity index (χ2n) is 4.49. The minimum atomic E-state index is 0.873. The third kappa shape index (κ3) is 3.89. The van der Waals surface area contributed by atoms with E-state index in [0.717, 1.165) is 39.0 Å². The van der Waals surface area contributed by atoms with Crippen molar-refractivity contribution in [1.82, 2.24) is 30.1 Å². The van der Waals surface area contributed by atoms with Gasteiger partial charge in [0.1, 0.15) is 0 Å². The highest BCUT2D eigenvalue weighted by Gasteiger charge is 2.04. The standard InChI is InChI=1S/C13H22N6/c1-3-12-10-13(19(4-2)16-12)11-14-6-5-8-18-9-7-15-17-18/h7,9-10,14H,3-6,8,11H2,1-2H3. The first-order valence-electron chi connectivity index (χ1n) is 6.94. The average molecular weight is 262 g/mol. The van der Waals surface area contributed by atoms with Crippen LogP contribution in [-0.4, -0.2) is 31.3 Å². The van der Waals surface area contributed by atoms with Gasteiger partial charge in [0.2, 0.25) is 0 Å². The van der Waals surface area contributed by atoms with Gasteiger partial charge >= 0.3 is 0 Å². The van der Waals surface area contributed by atoms with E-state index < -0.39 is 0 Å². The molecule has 0 saturated heterocycles. The summed E-state index contributed by atoms with van der Waals surface area (Å²) in [5.41, 5.74) is 2.43. The normalized spacial score (nSPS) is 11.1. The molecule has 0 spiro atoms. The van der Waals surface area contributed by atoms with Gasteiger partial charge in [-0.15, -0.1) is 5.10 Å². The fraction of sp³-hybridized carbons (Fsp3) is 0.615. The predicted octanol–water partition coefficient (Wildman–Crippen LogP) is 1.24. The summed E-state index contributed by atoms with van der Waals surface area (Å²) in [6.07, 6.45) is 5.63. The van der Waals surface area contributed by atoms with Gasteiger partial charge in [0.25, 0.3) is 0 Å². The molecule has 1 N–H and O–H groups in total. The van der Waals surface area contributed by atoms with Crippen molar-refractivity contribution in [3.05, 3.63) is 29.8 Å². The van der Waals surface area contributed by atoms with Crippen molar-refractivity contribution in [3.63, 3.8) is 0 Å². The molecule has 2 rings (SSSR count). The van der Waals surface area contributed by atoms with Crippen molar-refractivity contribution in [2.75, 3.05) is 6.54 Å². The van der Waals surface area contributed by atoms with Gasteiger partial charge in [0, 0.05) is 25.8 Å². The Kier molecular flexibility index (Phi) is 5.09. The van der Waals surface area contributed by atoms with Gasteiger partial charge < -0.3 is 5.32 Å². The van der Waals surface area contributed by atoms with Crippen LogP contribution in [0.25, 0.3) is 0 Å². The monoisotopic (exact) mass is 262 g/mol. The SMILES string of the molecule is CCc1cc(CNCCCn2ccnn2)n(CC)n1. The Hall–Kier alpha value is -1.69. The second-order valence-corrected chi connectivity index (χ2v) is 4.49. The lowest BCUT2D eigenvalue weighted by molar-refractivity contribution is 0.518. The lowest BCUT2D eigenvalue weighted by Gasteiger charge is -2.06. The van der Waals surface area contributed by atoms with Gasteiger partial charge in [-0.25, -0.2) is 0 Å². The summed E-state index contributed by atoms with van der Waals surface area (Å²) in [6.45, 7) is 7.93. The van der Waals surface area contributed by atoms with Crippen LogP contribution >= 0.6 is 0 Å². The average Bonchev–Trinajstić information content (AvgIpc) is 3.07. The topological polar surface area (TPSA) is 60.6 Å². The van der Waals surface area contributed by atoms with E-state index in [1.54, 1.807) is 6.20 Å². The largest absolute Gasteiger partial charge is 0.311 e. The van der Waals surface area contributed by atoms with E-state index in [9.17, 15) is 0 Å². The van der Waals surface area contributed by atoms with Crippen LogP contribution in [0, 0.1) is 0 Å². The van der Waals surface area contributed by atoms with Crippen molar-refractivity contribution < 1.29 is 0 Å². The molecule has 0 aliphatic heterocycles. The molecule has 0 amide bonds. The summed E-state index contributed by atoms with van der Waals surface area (Å²) in [6, 6.07) is 2.19. The van der Waals surface area contributed by atoms with Crippen LogP contribution in [0.5, 0.6) is 0 Å². The Labute approximate surface area is 113 Å². The molecule has 2 aromatic rings. The third-order valence-corrected chi connectivity index (χ3v) is 3.09. The molecule has 0 saturated carbocycles. The molecule has 2 aromatic heterocycles. The number of aromatic nitrogens is 5. The minimum absolute atomic E-state index is 0.873. The maximum atomic E-state index is 4.54. The van der Waals surface area contributed by atoms with Crippen molar-refractivity contribution >= 4 is 0 Å². The Morgan fingerprint density at radius 2 is 2.21 bits per heavy atom. The number of aryl methyl sites for hydroxylation is 3. The van der Waals surface area contributed by atoms with Gasteiger partial charge in [-0.05, 0) is 32.4 Å². The molecule has 0 unspecified atom stereocenters. The molecule has 0 aliphatic rings. The molecule has 104 valence electrons. The van der Waals surface area contributed by atoms with E-state index in [4.69, 9.17) is 0 Å². The first-order valence-corrected chi connectivity index (χ1v) is 6.94. The van der Waals surface area contributed by atoms with Crippen molar-refractivity contribution in [2.24, 2.45) is 0 Å². The first kappa shape index (κ1) is 13.7. The Bertz CT molecular complexity index is 473. The van der Waals surface area contributed by atoms with Crippen LogP contribution in [0.15, 0.2) is 18.5 Å². The zero-order valence-corrected chi connectivity index (χ0v) is 11.7. The van der Waals surface area contributed by atoms with E-state index in [1.807, 2.05) is 10.9 Å². The first-order chi connectivity index (χ1) is 9.33. The number of nitrogens with zero attached hydrogens (tertiary/aromatic N) is 5. The number of nitrogens with one attached hydrogen (secondary N) is 1. The maximum absolute atomic E-state index is 4.54. The van der Waals surface area contributed by atoms with Crippen molar-refractivity contribution in [2.45, 2.75) is 46.3 Å². The zero-order valence-electron chi connectivity index (χ0n) is 11.7. The molecule has 0 fully saturated rings. The molecule has 0 aromatic carbocycles. The van der Waals surface area contributed by atoms with Crippen LogP contribution in [0.4, 0.5) is 0 Å². The molecule has 0 atom stereocenters. The zero-order chi connectivity index (χ0) is 13.5. The van der Waals surface area contributed by atoms with Crippen molar-refractivity contribution in [1.29, 1.82) is 0 Å². The van der Waals surface area contributed by atoms with Crippen molar-refractivity contribution in [3.8, 4) is 0 Å². The molecule has 2 heterocycles. The van der Waals surface area contributed by atoms with Crippen LogP contribution in [0.3, 0.4) is 0 Å². The third-order valence-electron chi connectivity index (χ3n) is 3.09. The van der Waals surface area contributed by atoms with E-state index in [2.05, 4.69) is 45.3 Å². The fourth-order valence-electron chi connectivity index (χ4n) is 2.04. The van der Waals surface area contributed by atoms with Gasteiger partial charge in [0.05, 0.1) is 17.6 Å². The lowest BCUT2D eigenvalue weighted by atomic mass is 10.3. The lowest BCUT2D eigenvalue weighted by Crippen LogP contribution is -2.19. The van der Waals surface area contributed by atoms with E-state index in [0.29, 0.717) is 0 Å². The number of hydrogen-bond acceptors (Lipinski definition) is 4. The summed E-state index contributed by atoms with van der Waals surface area (Å²) in [4.78, 5) is 0. The highest BCUT2D eigenvalue weighted by atomic mass is 15.4. The van der Waals surface area contributed by atoms with Gasteiger partial charge in [0.15, 0.2) is 0 Å². The summed E-state index contributed by atoms with van der Waals surface area (Å²) in [5, 5.41) is 15.7. The van der Waals surface area contributed by atoms with Crippen LogP contribution in [-0.2, 0) is 26.1 Å². The predicted molar refractivity (Wildman–Crippen MR) is 73.6 cm³/mol. The molecule has 0 bridgehead atoms. The van der Waals surface area contributed by atoms with Gasteiger partial charge in [-0.2, -0.15) is 5.10 Å². The molecule has 6 nitrogen and oxygen atoms in total. The van der Waals surface area contributed by atoms with E-state index in [1.165, 1.54) is 11.4 Å². The highest BCUT2D eigenvalue weighted by molar-refractivity contribution is 5.10. The minimum Gasteiger partial charge on any atom is -0.311 e. The van der Waals surface area contributed by atoms with Crippen LogP contribution in [0.1, 0.15) is 31.7 Å². The van der Waals surface area contributed by atoms with Gasteiger partial charge in [-0.3, -0.25) is 9.36 Å². The number of hydrogen-bond donors (Lipinski definition) is 1. The molecule has 19 heavy (non-hydrogen) atoms. The van der Waals surface area contributed by atoms with E-state index in [-0.39, 0.29) is 0 Å².